The summed E-state index contributed by atoms with van der Waals surface area (Å²) >= 11 is 4.37. The number of nitrogens with zero attached hydrogens (tertiary/aromatic N) is 2. The molecule has 2 rings (SSSR count). The lowest BCUT2D eigenvalue weighted by Gasteiger charge is -2.29. The molecule has 0 saturated heterocycles. The van der Waals surface area contributed by atoms with Crippen LogP contribution in [0, 0.1) is 0 Å². The quantitative estimate of drug-likeness (QED) is 0.518. The molecule has 1 aromatic carbocycles. The maximum absolute atomic E-state index is 12.8. The summed E-state index contributed by atoms with van der Waals surface area (Å²) in [6.45, 7) is 4.97. The van der Waals surface area contributed by atoms with Gasteiger partial charge in [0.25, 0.3) is 0 Å². The van der Waals surface area contributed by atoms with Crippen LogP contribution in [0.4, 0.5) is 27.8 Å². The second-order valence-corrected chi connectivity index (χ2v) is 9.87. The average Bonchev–Trinajstić information content (AvgIpc) is 3.03. The molecule has 170 valence electrons. The number of alkyl halides is 3. The summed E-state index contributed by atoms with van der Waals surface area (Å²) in [7, 11) is 0. The largest absolute Gasteiger partial charge is 0.465 e. The third-order valence-corrected chi connectivity index (χ3v) is 5.34. The number of amides is 2. The highest BCUT2D eigenvalue weighted by molar-refractivity contribution is 9.11. The first-order valence-electron chi connectivity index (χ1n) is 9.02. The van der Waals surface area contributed by atoms with E-state index in [1.807, 2.05) is 0 Å². The predicted octanol–water partition coefficient (Wildman–Crippen LogP) is 5.54. The van der Waals surface area contributed by atoms with Crippen molar-refractivity contribution < 1.29 is 32.6 Å². The number of carboxylic acid groups (broad SMARTS) is 1. The Bertz CT molecular complexity index is 913. The number of hydrogen-bond donors (Lipinski definition) is 2. The van der Waals surface area contributed by atoms with Gasteiger partial charge in [-0.25, -0.2) is 14.6 Å². The van der Waals surface area contributed by atoms with Gasteiger partial charge in [0.1, 0.15) is 10.6 Å². The van der Waals surface area contributed by atoms with Crippen molar-refractivity contribution in [2.75, 3.05) is 11.4 Å². The van der Waals surface area contributed by atoms with E-state index in [2.05, 4.69) is 26.2 Å². The number of carbonyl (C=O) groups is 2. The number of ether oxygens (including phenoxy) is 1. The fraction of sp³-hybridized carbons (Fsp3) is 0.421. The summed E-state index contributed by atoms with van der Waals surface area (Å²) in [5.74, 6) is 0. The van der Waals surface area contributed by atoms with E-state index in [1.54, 1.807) is 20.8 Å². The van der Waals surface area contributed by atoms with E-state index in [1.165, 1.54) is 23.2 Å². The van der Waals surface area contributed by atoms with E-state index in [0.29, 0.717) is 14.5 Å². The molecule has 0 saturated carbocycles. The highest BCUT2D eigenvalue weighted by Gasteiger charge is 2.31. The Kier molecular flexibility index (Phi) is 7.93. The zero-order valence-corrected chi connectivity index (χ0v) is 19.3. The minimum Gasteiger partial charge on any atom is -0.465 e. The average molecular weight is 524 g/mol. The molecule has 2 amide bonds. The summed E-state index contributed by atoms with van der Waals surface area (Å²) in [6.07, 6.45) is -5.00. The lowest BCUT2D eigenvalue weighted by molar-refractivity contribution is -0.137. The second-order valence-electron chi connectivity index (χ2n) is 7.59. The number of thiazole rings is 1. The Hall–Kier alpha value is -2.34. The first-order valence-corrected chi connectivity index (χ1v) is 10.6. The summed E-state index contributed by atoms with van der Waals surface area (Å²) < 4.78 is 44.3. The van der Waals surface area contributed by atoms with Gasteiger partial charge in [-0.3, -0.25) is 4.90 Å². The zero-order chi connectivity index (χ0) is 23.4. The molecule has 12 heteroatoms. The van der Waals surface area contributed by atoms with Crippen molar-refractivity contribution in [3.63, 3.8) is 0 Å². The van der Waals surface area contributed by atoms with Crippen molar-refractivity contribution >= 4 is 44.5 Å². The number of aromatic nitrogens is 1. The molecule has 0 bridgehead atoms. The van der Waals surface area contributed by atoms with Crippen molar-refractivity contribution in [3.8, 4) is 0 Å². The Balaban J connectivity index is 2.27. The van der Waals surface area contributed by atoms with Gasteiger partial charge in [-0.05, 0) is 60.8 Å². The van der Waals surface area contributed by atoms with Gasteiger partial charge in [0.05, 0.1) is 24.3 Å². The first-order chi connectivity index (χ1) is 14.2. The molecule has 0 fully saturated rings. The molecule has 0 spiro atoms. The highest BCUT2D eigenvalue weighted by atomic mass is 79.9. The van der Waals surface area contributed by atoms with Crippen LogP contribution in [0.25, 0.3) is 0 Å². The molecular weight excluding hydrogens is 503 g/mol. The lowest BCUT2D eigenvalue weighted by Crippen LogP contribution is -2.48. The van der Waals surface area contributed by atoms with E-state index in [0.717, 1.165) is 23.5 Å². The molecule has 7 nitrogen and oxygen atoms in total. The normalized spacial score (nSPS) is 12.9. The van der Waals surface area contributed by atoms with Crippen LogP contribution in [0.1, 0.15) is 31.9 Å². The predicted molar refractivity (Wildman–Crippen MR) is 113 cm³/mol. The van der Waals surface area contributed by atoms with Crippen LogP contribution in [0.2, 0.25) is 0 Å². The van der Waals surface area contributed by atoms with Gasteiger partial charge in [0.2, 0.25) is 0 Å². The fourth-order valence-electron chi connectivity index (χ4n) is 2.61. The van der Waals surface area contributed by atoms with E-state index in [-0.39, 0.29) is 13.0 Å². The van der Waals surface area contributed by atoms with Crippen LogP contribution in [0.3, 0.4) is 0 Å². The number of carbonyl (C=O) groups excluding carboxylic acids is 1. The molecule has 0 aliphatic rings. The number of anilines is 1. The van der Waals surface area contributed by atoms with E-state index in [4.69, 9.17) is 4.74 Å². The fourth-order valence-corrected chi connectivity index (χ4v) is 3.85. The third-order valence-electron chi connectivity index (χ3n) is 3.84. The SMILES string of the molecule is CC(C)(C)OC(=O)N(C[C@H](Cc1ccc(C(F)(F)F)cc1)NC(=O)O)c1cnc(Br)s1. The van der Waals surface area contributed by atoms with Crippen LogP contribution >= 0.6 is 27.3 Å². The molecule has 1 aromatic heterocycles. The first kappa shape index (κ1) is 24.9. The summed E-state index contributed by atoms with van der Waals surface area (Å²) in [4.78, 5) is 29.4. The van der Waals surface area contributed by atoms with Crippen molar-refractivity contribution in [3.05, 3.63) is 45.5 Å². The maximum Gasteiger partial charge on any atom is 0.416 e. The van der Waals surface area contributed by atoms with Crippen LogP contribution in [0.5, 0.6) is 0 Å². The van der Waals surface area contributed by atoms with Gasteiger partial charge in [-0.15, -0.1) is 0 Å². The topological polar surface area (TPSA) is 91.8 Å². The number of benzene rings is 1. The number of hydrogen-bond acceptors (Lipinski definition) is 5. The minimum absolute atomic E-state index is 0.0592. The molecule has 31 heavy (non-hydrogen) atoms. The smallest absolute Gasteiger partial charge is 0.416 e. The standard InChI is InChI=1S/C19H21BrF3N3O4S/c1-18(2,3)30-17(29)26(14-9-24-15(20)31-14)10-13(25-16(27)28)8-11-4-6-12(7-5-11)19(21,22)23/h4-7,9,13,25H,8,10H2,1-3H3,(H,27,28)/t13-/m0/s1. The monoisotopic (exact) mass is 523 g/mol. The van der Waals surface area contributed by atoms with Crippen molar-refractivity contribution in [1.82, 2.24) is 10.3 Å². The van der Waals surface area contributed by atoms with Gasteiger partial charge < -0.3 is 15.2 Å². The molecule has 1 atom stereocenters. The lowest BCUT2D eigenvalue weighted by atomic mass is 10.0. The number of nitrogens with one attached hydrogen (secondary N) is 1. The molecule has 0 radical (unpaired) electrons. The van der Waals surface area contributed by atoms with Crippen LogP contribution in [-0.2, 0) is 17.3 Å². The molecule has 0 unspecified atom stereocenters. The Morgan fingerprint density at radius 1 is 1.26 bits per heavy atom. The van der Waals surface area contributed by atoms with Crippen molar-refractivity contribution in [2.45, 2.75) is 45.0 Å². The highest BCUT2D eigenvalue weighted by Crippen LogP contribution is 2.30. The van der Waals surface area contributed by atoms with E-state index < -0.39 is 35.6 Å². The van der Waals surface area contributed by atoms with Crippen LogP contribution < -0.4 is 10.2 Å². The van der Waals surface area contributed by atoms with Gasteiger partial charge in [-0.1, -0.05) is 23.5 Å². The molecule has 0 aliphatic carbocycles. The van der Waals surface area contributed by atoms with Crippen LogP contribution in [-0.4, -0.2) is 40.5 Å². The van der Waals surface area contributed by atoms with Crippen LogP contribution in [0.15, 0.2) is 34.4 Å². The zero-order valence-electron chi connectivity index (χ0n) is 16.9. The van der Waals surface area contributed by atoms with Gasteiger partial charge in [0.15, 0.2) is 3.92 Å². The minimum atomic E-state index is -4.47. The second kappa shape index (κ2) is 9.86. The summed E-state index contributed by atoms with van der Waals surface area (Å²) in [6, 6.07) is 3.60. The Morgan fingerprint density at radius 3 is 2.32 bits per heavy atom. The van der Waals surface area contributed by atoms with E-state index >= 15 is 0 Å². The molecule has 0 aliphatic heterocycles. The Labute approximate surface area is 189 Å². The molecule has 1 heterocycles. The maximum atomic E-state index is 12.8. The molecule has 2 aromatic rings. The summed E-state index contributed by atoms with van der Waals surface area (Å²) in [5, 5.41) is 12.0. The van der Waals surface area contributed by atoms with Gasteiger partial charge in [-0.2, -0.15) is 13.2 Å². The number of rotatable bonds is 6. The van der Waals surface area contributed by atoms with Crippen molar-refractivity contribution in [1.29, 1.82) is 0 Å². The van der Waals surface area contributed by atoms with Crippen molar-refractivity contribution in [2.24, 2.45) is 0 Å². The van der Waals surface area contributed by atoms with Gasteiger partial charge >= 0.3 is 18.4 Å². The number of halogens is 4. The Morgan fingerprint density at radius 2 is 1.87 bits per heavy atom. The molecular formula is C19H21BrF3N3O4S. The summed E-state index contributed by atoms with van der Waals surface area (Å²) in [5.41, 5.74) is -1.12. The third kappa shape index (κ3) is 8.02. The van der Waals surface area contributed by atoms with E-state index in [9.17, 15) is 27.9 Å². The molecule has 2 N–H and O–H groups in total. The van der Waals surface area contributed by atoms with Gasteiger partial charge in [0, 0.05) is 0 Å².